The first-order chi connectivity index (χ1) is 8.88. The predicted octanol–water partition coefficient (Wildman–Crippen LogP) is 2.63. The Morgan fingerprint density at radius 1 is 1.11 bits per heavy atom. The first-order valence-corrected chi connectivity index (χ1v) is 5.88. The molecule has 2 aromatic rings. The number of nitrogens with zero attached hydrogens (tertiary/aromatic N) is 1. The van der Waals surface area contributed by atoms with Crippen molar-refractivity contribution in [2.24, 2.45) is 5.73 Å². The molecule has 2 rings (SSSR count). The van der Waals surface area contributed by atoms with Crippen molar-refractivity contribution in [2.45, 2.75) is 6.54 Å². The lowest BCUT2D eigenvalue weighted by Gasteiger charge is -2.03. The third-order valence-corrected chi connectivity index (χ3v) is 2.46. The van der Waals surface area contributed by atoms with Crippen LogP contribution in [0.5, 0.6) is 5.75 Å². The van der Waals surface area contributed by atoms with Gasteiger partial charge in [0, 0.05) is 6.54 Å². The van der Waals surface area contributed by atoms with Crippen molar-refractivity contribution >= 4 is 6.08 Å². The maximum Gasteiger partial charge on any atom is 0.138 e. The number of ether oxygens (including phenoxy) is 1. The molecule has 92 valence electrons. The molecule has 0 amide bonds. The topological polar surface area (TPSA) is 48.1 Å². The SMILES string of the molecule is NCc1ccc(OCC=Cc2ccccc2)cn1. The smallest absolute Gasteiger partial charge is 0.138 e. The Balaban J connectivity index is 1.83. The molecule has 0 aliphatic rings. The normalized spacial score (nSPS) is 10.7. The van der Waals surface area contributed by atoms with Crippen LogP contribution < -0.4 is 10.5 Å². The molecule has 0 saturated heterocycles. The van der Waals surface area contributed by atoms with E-state index in [-0.39, 0.29) is 0 Å². The number of benzene rings is 1. The second-order valence-electron chi connectivity index (χ2n) is 3.81. The molecule has 0 aliphatic carbocycles. The second-order valence-corrected chi connectivity index (χ2v) is 3.81. The summed E-state index contributed by atoms with van der Waals surface area (Å²) < 4.78 is 5.54. The lowest BCUT2D eigenvalue weighted by molar-refractivity contribution is 0.362. The summed E-state index contributed by atoms with van der Waals surface area (Å²) in [4.78, 5) is 4.16. The maximum atomic E-state index is 5.54. The molecule has 2 N–H and O–H groups in total. The van der Waals surface area contributed by atoms with E-state index in [1.54, 1.807) is 6.20 Å². The van der Waals surface area contributed by atoms with Crippen LogP contribution in [-0.4, -0.2) is 11.6 Å². The molecule has 3 heteroatoms. The van der Waals surface area contributed by atoms with E-state index in [2.05, 4.69) is 4.98 Å². The average Bonchev–Trinajstić information content (AvgIpc) is 2.45. The summed E-state index contributed by atoms with van der Waals surface area (Å²) in [6.45, 7) is 0.979. The van der Waals surface area contributed by atoms with Gasteiger partial charge in [0.25, 0.3) is 0 Å². The average molecular weight is 240 g/mol. The van der Waals surface area contributed by atoms with Crippen LogP contribution in [0.4, 0.5) is 0 Å². The van der Waals surface area contributed by atoms with Crippen LogP contribution in [0, 0.1) is 0 Å². The Hall–Kier alpha value is -2.13. The molecular formula is C15H16N2O. The third-order valence-electron chi connectivity index (χ3n) is 2.46. The highest BCUT2D eigenvalue weighted by molar-refractivity contribution is 5.48. The Morgan fingerprint density at radius 3 is 2.61 bits per heavy atom. The van der Waals surface area contributed by atoms with Gasteiger partial charge in [-0.2, -0.15) is 0 Å². The van der Waals surface area contributed by atoms with E-state index in [1.807, 2.05) is 54.6 Å². The molecule has 0 radical (unpaired) electrons. The van der Waals surface area contributed by atoms with Crippen molar-refractivity contribution in [3.8, 4) is 5.75 Å². The minimum atomic E-state index is 0.453. The number of hydrogen-bond donors (Lipinski definition) is 1. The number of pyridine rings is 1. The van der Waals surface area contributed by atoms with Crippen molar-refractivity contribution in [3.63, 3.8) is 0 Å². The van der Waals surface area contributed by atoms with E-state index in [0.29, 0.717) is 13.2 Å². The fourth-order valence-corrected chi connectivity index (χ4v) is 1.51. The number of rotatable bonds is 5. The molecule has 0 spiro atoms. The molecule has 18 heavy (non-hydrogen) atoms. The summed E-state index contributed by atoms with van der Waals surface area (Å²) in [5, 5.41) is 0. The summed E-state index contributed by atoms with van der Waals surface area (Å²) in [5.41, 5.74) is 7.50. The highest BCUT2D eigenvalue weighted by Gasteiger charge is 1.93. The largest absolute Gasteiger partial charge is 0.488 e. The first kappa shape index (κ1) is 12.3. The van der Waals surface area contributed by atoms with Crippen molar-refractivity contribution in [3.05, 3.63) is 66.0 Å². The van der Waals surface area contributed by atoms with Gasteiger partial charge in [0.15, 0.2) is 0 Å². The summed E-state index contributed by atoms with van der Waals surface area (Å²) >= 11 is 0. The van der Waals surface area contributed by atoms with Gasteiger partial charge in [-0.1, -0.05) is 36.4 Å². The quantitative estimate of drug-likeness (QED) is 0.874. The summed E-state index contributed by atoms with van der Waals surface area (Å²) in [7, 11) is 0. The van der Waals surface area contributed by atoms with Crippen LogP contribution in [0.3, 0.4) is 0 Å². The first-order valence-electron chi connectivity index (χ1n) is 5.88. The van der Waals surface area contributed by atoms with Gasteiger partial charge >= 0.3 is 0 Å². The zero-order chi connectivity index (χ0) is 12.6. The van der Waals surface area contributed by atoms with Crippen molar-refractivity contribution in [1.82, 2.24) is 4.98 Å². The summed E-state index contributed by atoms with van der Waals surface area (Å²) in [5.74, 6) is 0.755. The third kappa shape index (κ3) is 3.71. The van der Waals surface area contributed by atoms with E-state index in [9.17, 15) is 0 Å². The molecule has 0 bridgehead atoms. The Labute approximate surface area is 107 Å². The van der Waals surface area contributed by atoms with Crippen molar-refractivity contribution in [1.29, 1.82) is 0 Å². The molecule has 1 aromatic carbocycles. The van der Waals surface area contributed by atoms with Crippen LogP contribution in [0.2, 0.25) is 0 Å². The fraction of sp³-hybridized carbons (Fsp3) is 0.133. The summed E-state index contributed by atoms with van der Waals surface area (Å²) in [6.07, 6.45) is 5.70. The minimum Gasteiger partial charge on any atom is -0.488 e. The summed E-state index contributed by atoms with van der Waals surface area (Å²) in [6, 6.07) is 13.9. The minimum absolute atomic E-state index is 0.453. The van der Waals surface area contributed by atoms with Gasteiger partial charge in [-0.05, 0) is 23.8 Å². The van der Waals surface area contributed by atoms with Gasteiger partial charge in [-0.3, -0.25) is 4.98 Å². The lowest BCUT2D eigenvalue weighted by atomic mass is 10.2. The maximum absolute atomic E-state index is 5.54. The van der Waals surface area contributed by atoms with Gasteiger partial charge in [0.2, 0.25) is 0 Å². The second kappa shape index (κ2) is 6.57. The van der Waals surface area contributed by atoms with Crippen molar-refractivity contribution < 1.29 is 4.74 Å². The molecule has 0 saturated carbocycles. The Kier molecular flexibility index (Phi) is 4.50. The van der Waals surface area contributed by atoms with E-state index in [1.165, 1.54) is 0 Å². The molecule has 0 aliphatic heterocycles. The Morgan fingerprint density at radius 2 is 1.94 bits per heavy atom. The number of aromatic nitrogens is 1. The number of nitrogens with two attached hydrogens (primary N) is 1. The van der Waals surface area contributed by atoms with Crippen LogP contribution in [0.15, 0.2) is 54.7 Å². The number of hydrogen-bond acceptors (Lipinski definition) is 3. The van der Waals surface area contributed by atoms with Gasteiger partial charge in [-0.15, -0.1) is 0 Å². The Bertz CT molecular complexity index is 492. The van der Waals surface area contributed by atoms with Gasteiger partial charge in [0.1, 0.15) is 12.4 Å². The van der Waals surface area contributed by atoms with Crippen LogP contribution in [0.25, 0.3) is 6.08 Å². The molecule has 0 fully saturated rings. The lowest BCUT2D eigenvalue weighted by Crippen LogP contribution is -2.00. The molecule has 3 nitrogen and oxygen atoms in total. The van der Waals surface area contributed by atoms with Crippen LogP contribution in [-0.2, 0) is 6.54 Å². The zero-order valence-corrected chi connectivity index (χ0v) is 10.1. The van der Waals surface area contributed by atoms with Crippen molar-refractivity contribution in [2.75, 3.05) is 6.61 Å². The van der Waals surface area contributed by atoms with Gasteiger partial charge in [-0.25, -0.2) is 0 Å². The standard InChI is InChI=1S/C15H16N2O/c16-11-14-8-9-15(12-17-14)18-10-4-7-13-5-2-1-3-6-13/h1-9,12H,10-11,16H2. The van der Waals surface area contributed by atoms with E-state index >= 15 is 0 Å². The monoisotopic (exact) mass is 240 g/mol. The molecule has 0 atom stereocenters. The zero-order valence-electron chi connectivity index (χ0n) is 10.1. The highest BCUT2D eigenvalue weighted by Crippen LogP contribution is 2.09. The van der Waals surface area contributed by atoms with E-state index < -0.39 is 0 Å². The molecular weight excluding hydrogens is 224 g/mol. The molecule has 1 heterocycles. The predicted molar refractivity (Wildman–Crippen MR) is 73.1 cm³/mol. The van der Waals surface area contributed by atoms with Gasteiger partial charge < -0.3 is 10.5 Å². The fourth-order valence-electron chi connectivity index (χ4n) is 1.51. The van der Waals surface area contributed by atoms with Crippen LogP contribution >= 0.6 is 0 Å². The molecule has 0 unspecified atom stereocenters. The van der Waals surface area contributed by atoms with E-state index in [0.717, 1.165) is 17.0 Å². The van der Waals surface area contributed by atoms with Crippen LogP contribution in [0.1, 0.15) is 11.3 Å². The molecule has 1 aromatic heterocycles. The highest BCUT2D eigenvalue weighted by atomic mass is 16.5. The van der Waals surface area contributed by atoms with Gasteiger partial charge in [0.05, 0.1) is 11.9 Å². The van der Waals surface area contributed by atoms with E-state index in [4.69, 9.17) is 10.5 Å².